The van der Waals surface area contributed by atoms with Gasteiger partial charge in [0.25, 0.3) is 0 Å². The lowest BCUT2D eigenvalue weighted by atomic mass is 10.1. The van der Waals surface area contributed by atoms with Crippen LogP contribution in [-0.2, 0) is 22.6 Å². The summed E-state index contributed by atoms with van der Waals surface area (Å²) in [4.78, 5) is 8.57. The first-order chi connectivity index (χ1) is 12.3. The summed E-state index contributed by atoms with van der Waals surface area (Å²) in [5, 5.41) is 2.16. The van der Waals surface area contributed by atoms with Crippen LogP contribution in [0.1, 0.15) is 29.1 Å². The lowest BCUT2D eigenvalue weighted by Crippen LogP contribution is -2.47. The number of nitrogens with zero attached hydrogens (tertiary/aromatic N) is 2. The minimum Gasteiger partial charge on any atom is -0.375 e. The largest absolute Gasteiger partial charge is 0.375 e. The fourth-order valence-corrected chi connectivity index (χ4v) is 4.80. The first-order valence-corrected chi connectivity index (χ1v) is 10.0. The zero-order chi connectivity index (χ0) is 17.1. The van der Waals surface area contributed by atoms with Gasteiger partial charge in [0, 0.05) is 29.7 Å². The number of morpholine rings is 1. The van der Waals surface area contributed by atoms with Crippen LogP contribution < -0.4 is 0 Å². The first-order valence-electron chi connectivity index (χ1n) is 9.16. The number of rotatable bonds is 6. The number of thiophene rings is 1. The molecule has 2 aliphatic rings. The summed E-state index contributed by atoms with van der Waals surface area (Å²) in [7, 11) is 0. The van der Waals surface area contributed by atoms with Gasteiger partial charge in [-0.3, -0.25) is 9.88 Å². The molecular formula is C20H26N2O2S. The molecule has 3 heterocycles. The Morgan fingerprint density at radius 1 is 1.28 bits per heavy atom. The summed E-state index contributed by atoms with van der Waals surface area (Å²) >= 11 is 1.85. The van der Waals surface area contributed by atoms with Crippen LogP contribution in [0.5, 0.6) is 0 Å². The van der Waals surface area contributed by atoms with Gasteiger partial charge in [-0.05, 0) is 49.3 Å². The Kier molecular flexibility index (Phi) is 5.46. The van der Waals surface area contributed by atoms with Gasteiger partial charge in [0.05, 0.1) is 31.6 Å². The highest BCUT2D eigenvalue weighted by molar-refractivity contribution is 7.09. The molecule has 4 nitrogen and oxygen atoms in total. The lowest BCUT2D eigenvalue weighted by molar-refractivity contribution is -0.0588. The summed E-state index contributed by atoms with van der Waals surface area (Å²) in [6.45, 7) is 6.38. The molecule has 1 aliphatic heterocycles. The molecular weight excluding hydrogens is 332 g/mol. The van der Waals surface area contributed by atoms with Crippen molar-refractivity contribution in [1.29, 1.82) is 0 Å². The molecule has 3 atom stereocenters. The summed E-state index contributed by atoms with van der Waals surface area (Å²) < 4.78 is 12.0. The van der Waals surface area contributed by atoms with Crippen LogP contribution in [0.25, 0.3) is 0 Å². The fraction of sp³-hybridized carbons (Fsp3) is 0.550. The van der Waals surface area contributed by atoms with Gasteiger partial charge >= 0.3 is 0 Å². The Balaban J connectivity index is 1.29. The minimum atomic E-state index is 0.374. The highest BCUT2D eigenvalue weighted by atomic mass is 32.1. The van der Waals surface area contributed by atoms with Gasteiger partial charge in [0.15, 0.2) is 0 Å². The molecule has 0 radical (unpaired) electrons. The van der Waals surface area contributed by atoms with Crippen LogP contribution in [-0.4, -0.2) is 41.8 Å². The van der Waals surface area contributed by atoms with E-state index in [0.29, 0.717) is 24.7 Å². The second kappa shape index (κ2) is 7.96. The SMILES string of the molecule is Cc1cccc(COC[C@H]2C[C@@H]3[C@@H](C2)OCCN3Cc2cccs2)n1. The first kappa shape index (κ1) is 17.2. The number of fused-ring (bicyclic) bond motifs is 1. The molecule has 4 rings (SSSR count). The summed E-state index contributed by atoms with van der Waals surface area (Å²) in [6.07, 6.45) is 2.67. The topological polar surface area (TPSA) is 34.6 Å². The molecule has 0 bridgehead atoms. The van der Waals surface area contributed by atoms with E-state index in [2.05, 4.69) is 27.4 Å². The molecule has 2 aromatic heterocycles. The Morgan fingerprint density at radius 3 is 3.08 bits per heavy atom. The maximum absolute atomic E-state index is 6.06. The molecule has 5 heteroatoms. The highest BCUT2D eigenvalue weighted by Gasteiger charge is 2.40. The highest BCUT2D eigenvalue weighted by Crippen LogP contribution is 2.35. The van der Waals surface area contributed by atoms with E-state index in [4.69, 9.17) is 9.47 Å². The van der Waals surface area contributed by atoms with E-state index >= 15 is 0 Å². The number of hydrogen-bond acceptors (Lipinski definition) is 5. The number of hydrogen-bond donors (Lipinski definition) is 0. The van der Waals surface area contributed by atoms with Crippen LogP contribution in [0.4, 0.5) is 0 Å². The molecule has 2 aromatic rings. The van der Waals surface area contributed by atoms with Crippen molar-refractivity contribution in [1.82, 2.24) is 9.88 Å². The zero-order valence-electron chi connectivity index (χ0n) is 14.8. The van der Waals surface area contributed by atoms with E-state index in [1.54, 1.807) is 0 Å². The quantitative estimate of drug-likeness (QED) is 0.789. The molecule has 0 unspecified atom stereocenters. The maximum atomic E-state index is 6.06. The van der Waals surface area contributed by atoms with Gasteiger partial charge in [0.1, 0.15) is 0 Å². The van der Waals surface area contributed by atoms with Gasteiger partial charge < -0.3 is 9.47 Å². The average Bonchev–Trinajstić information content (AvgIpc) is 3.25. The fourth-order valence-electron chi connectivity index (χ4n) is 4.07. The molecule has 1 aliphatic carbocycles. The van der Waals surface area contributed by atoms with Crippen LogP contribution in [0, 0.1) is 12.8 Å². The van der Waals surface area contributed by atoms with E-state index in [9.17, 15) is 0 Å². The van der Waals surface area contributed by atoms with Crippen molar-refractivity contribution in [3.05, 3.63) is 52.0 Å². The molecule has 0 N–H and O–H groups in total. The molecule has 1 saturated heterocycles. The van der Waals surface area contributed by atoms with Crippen LogP contribution in [0.15, 0.2) is 35.7 Å². The molecule has 1 saturated carbocycles. The third-order valence-corrected chi connectivity index (χ3v) is 6.10. The molecule has 0 aromatic carbocycles. The normalized spacial score (nSPS) is 26.7. The van der Waals surface area contributed by atoms with Gasteiger partial charge in [-0.2, -0.15) is 0 Å². The van der Waals surface area contributed by atoms with E-state index in [1.165, 1.54) is 11.3 Å². The molecule has 2 fully saturated rings. The predicted molar refractivity (Wildman–Crippen MR) is 99.6 cm³/mol. The second-order valence-electron chi connectivity index (χ2n) is 7.15. The van der Waals surface area contributed by atoms with Gasteiger partial charge in [-0.1, -0.05) is 12.1 Å². The van der Waals surface area contributed by atoms with Crippen molar-refractivity contribution in [2.75, 3.05) is 19.8 Å². The van der Waals surface area contributed by atoms with Gasteiger partial charge in [-0.25, -0.2) is 0 Å². The van der Waals surface area contributed by atoms with Gasteiger partial charge in [-0.15, -0.1) is 11.3 Å². The monoisotopic (exact) mass is 358 g/mol. The summed E-state index contributed by atoms with van der Waals surface area (Å²) in [5.74, 6) is 0.587. The van der Waals surface area contributed by atoms with Crippen molar-refractivity contribution in [2.45, 2.75) is 45.1 Å². The number of aryl methyl sites for hydroxylation is 1. The lowest BCUT2D eigenvalue weighted by Gasteiger charge is -2.37. The Bertz CT molecular complexity index is 676. The Hall–Kier alpha value is -1.27. The molecule has 25 heavy (non-hydrogen) atoms. The molecule has 134 valence electrons. The molecule has 0 spiro atoms. The number of pyridine rings is 1. The zero-order valence-corrected chi connectivity index (χ0v) is 15.6. The van der Waals surface area contributed by atoms with Crippen LogP contribution >= 0.6 is 11.3 Å². The van der Waals surface area contributed by atoms with E-state index in [0.717, 1.165) is 44.1 Å². The summed E-state index contributed by atoms with van der Waals surface area (Å²) in [5.41, 5.74) is 2.07. The van der Waals surface area contributed by atoms with E-state index in [-0.39, 0.29) is 0 Å². The Morgan fingerprint density at radius 2 is 2.24 bits per heavy atom. The molecule has 0 amide bonds. The maximum Gasteiger partial charge on any atom is 0.0888 e. The van der Waals surface area contributed by atoms with Crippen LogP contribution in [0.3, 0.4) is 0 Å². The van der Waals surface area contributed by atoms with Crippen molar-refractivity contribution < 1.29 is 9.47 Å². The summed E-state index contributed by atoms with van der Waals surface area (Å²) in [6, 6.07) is 11.0. The van der Waals surface area contributed by atoms with Crippen molar-refractivity contribution >= 4 is 11.3 Å². The van der Waals surface area contributed by atoms with Crippen molar-refractivity contribution in [3.63, 3.8) is 0 Å². The minimum absolute atomic E-state index is 0.374. The second-order valence-corrected chi connectivity index (χ2v) is 8.18. The third kappa shape index (κ3) is 4.29. The van der Waals surface area contributed by atoms with E-state index in [1.807, 2.05) is 36.5 Å². The smallest absolute Gasteiger partial charge is 0.0888 e. The standard InChI is InChI=1S/C20H26N2O2S/c1-15-4-2-5-17(21-15)14-23-13-16-10-19-20(11-16)24-8-7-22(19)12-18-6-3-9-25-18/h2-6,9,16,19-20H,7-8,10-14H2,1H3/t16-,19+,20+/m0/s1. The number of aromatic nitrogens is 1. The van der Waals surface area contributed by atoms with Crippen LogP contribution in [0.2, 0.25) is 0 Å². The van der Waals surface area contributed by atoms with E-state index < -0.39 is 0 Å². The average molecular weight is 359 g/mol. The number of ether oxygens (including phenoxy) is 2. The van der Waals surface area contributed by atoms with Crippen molar-refractivity contribution in [3.8, 4) is 0 Å². The predicted octanol–water partition coefficient (Wildman–Crippen LogP) is 3.65. The van der Waals surface area contributed by atoms with Gasteiger partial charge in [0.2, 0.25) is 0 Å². The Labute approximate surface area is 153 Å². The third-order valence-electron chi connectivity index (χ3n) is 5.24. The van der Waals surface area contributed by atoms with Crippen molar-refractivity contribution in [2.24, 2.45) is 5.92 Å².